The van der Waals surface area contributed by atoms with Gasteiger partial charge >= 0.3 is 0 Å². The van der Waals surface area contributed by atoms with E-state index in [1.807, 2.05) is 0 Å². The number of fused-ring (bicyclic) bond motifs is 10. The minimum atomic E-state index is -0.0498. The lowest BCUT2D eigenvalue weighted by atomic mass is 9.78. The van der Waals surface area contributed by atoms with E-state index in [1.54, 1.807) is 0 Å². The van der Waals surface area contributed by atoms with Gasteiger partial charge in [-0.25, -0.2) is 0 Å². The number of aromatic nitrogens is 1. The lowest BCUT2D eigenvalue weighted by Gasteiger charge is -2.37. The Morgan fingerprint density at radius 1 is 0.706 bits per heavy atom. The summed E-state index contributed by atoms with van der Waals surface area (Å²) in [6, 6.07) is 36.4. The van der Waals surface area contributed by atoms with Crippen molar-refractivity contribution in [1.29, 1.82) is 0 Å². The third-order valence-electron chi connectivity index (χ3n) is 12.0. The fourth-order valence-electron chi connectivity index (χ4n) is 9.57. The fraction of sp³-hybridized carbons (Fsp3) is 0.167. The van der Waals surface area contributed by atoms with Gasteiger partial charge in [-0.2, -0.15) is 0 Å². The molecule has 0 saturated heterocycles. The summed E-state index contributed by atoms with van der Waals surface area (Å²) in [5.41, 5.74) is 14.8. The summed E-state index contributed by atoms with van der Waals surface area (Å²) in [6.07, 6.45) is 20.7. The van der Waals surface area contributed by atoms with Crippen molar-refractivity contribution in [3.05, 3.63) is 168 Å². The van der Waals surface area contributed by atoms with E-state index in [1.165, 1.54) is 66.2 Å². The maximum atomic E-state index is 6.76. The predicted octanol–water partition coefficient (Wildman–Crippen LogP) is 11.7. The molecule has 0 amide bonds. The number of rotatable bonds is 3. The van der Waals surface area contributed by atoms with Gasteiger partial charge in [-0.05, 0) is 88.2 Å². The smallest absolute Gasteiger partial charge is 0.137 e. The Kier molecular flexibility index (Phi) is 6.10. The van der Waals surface area contributed by atoms with Crippen LogP contribution in [0.2, 0.25) is 0 Å². The second kappa shape index (κ2) is 10.7. The van der Waals surface area contributed by atoms with Gasteiger partial charge in [0, 0.05) is 50.7 Å². The lowest BCUT2D eigenvalue weighted by molar-refractivity contribution is 0.497. The van der Waals surface area contributed by atoms with Gasteiger partial charge in [-0.15, -0.1) is 0 Å². The zero-order valence-electron chi connectivity index (χ0n) is 28.9. The largest absolute Gasteiger partial charge is 0.456 e. The molecule has 5 aromatic carbocycles. The highest BCUT2D eigenvalue weighted by molar-refractivity contribution is 6.13. The van der Waals surface area contributed by atoms with Crippen LogP contribution in [0.15, 0.2) is 156 Å². The molecule has 3 atom stereocenters. The molecule has 7 aromatic rings. The molecular weight excluding hydrogens is 621 g/mol. The van der Waals surface area contributed by atoms with E-state index in [4.69, 9.17) is 4.42 Å². The van der Waals surface area contributed by atoms with E-state index >= 15 is 0 Å². The zero-order chi connectivity index (χ0) is 33.8. The number of para-hydroxylation sites is 1. The summed E-state index contributed by atoms with van der Waals surface area (Å²) in [4.78, 5) is 0. The molecule has 3 nitrogen and oxygen atoms in total. The number of hydrogen-bond acceptors (Lipinski definition) is 2. The summed E-state index contributed by atoms with van der Waals surface area (Å²) in [5, 5.41) is 8.83. The van der Waals surface area contributed by atoms with Crippen LogP contribution in [0.3, 0.4) is 0 Å². The molecule has 3 aliphatic carbocycles. The quantitative estimate of drug-likeness (QED) is 0.205. The van der Waals surface area contributed by atoms with Gasteiger partial charge in [0.05, 0.1) is 17.1 Å². The topological polar surface area (TPSA) is 30.1 Å². The molecule has 0 radical (unpaired) electrons. The van der Waals surface area contributed by atoms with Crippen LogP contribution >= 0.6 is 0 Å². The van der Waals surface area contributed by atoms with Gasteiger partial charge in [-0.1, -0.05) is 117 Å². The summed E-state index contributed by atoms with van der Waals surface area (Å²) < 4.78 is 9.20. The average molecular weight is 659 g/mol. The van der Waals surface area contributed by atoms with Gasteiger partial charge in [0.25, 0.3) is 0 Å². The highest BCUT2D eigenvalue weighted by Gasteiger charge is 2.36. The average Bonchev–Trinajstić information content (AvgIpc) is 3.79. The second-order valence-electron chi connectivity index (χ2n) is 15.2. The van der Waals surface area contributed by atoms with Crippen LogP contribution in [0, 0.1) is 5.92 Å². The summed E-state index contributed by atoms with van der Waals surface area (Å²) in [5.74, 6) is 0.253. The van der Waals surface area contributed by atoms with Crippen molar-refractivity contribution in [2.45, 2.75) is 44.2 Å². The second-order valence-corrected chi connectivity index (χ2v) is 15.2. The van der Waals surface area contributed by atoms with Gasteiger partial charge in [-0.3, -0.25) is 5.32 Å². The molecule has 0 saturated carbocycles. The van der Waals surface area contributed by atoms with Gasteiger partial charge in [0.2, 0.25) is 0 Å². The van der Waals surface area contributed by atoms with E-state index in [9.17, 15) is 0 Å². The number of allylic oxidation sites excluding steroid dienone is 4. The van der Waals surface area contributed by atoms with E-state index in [0.29, 0.717) is 0 Å². The number of benzene rings is 5. The molecule has 1 aliphatic heterocycles. The maximum absolute atomic E-state index is 6.76. The highest BCUT2D eigenvalue weighted by atomic mass is 16.3. The first-order valence-electron chi connectivity index (χ1n) is 18.4. The first kappa shape index (κ1) is 29.1. The molecular formula is C48H38N2O. The summed E-state index contributed by atoms with van der Waals surface area (Å²) >= 11 is 0. The molecule has 2 aromatic heterocycles. The molecule has 0 spiro atoms. The number of nitrogens with one attached hydrogen (secondary N) is 1. The minimum absolute atomic E-state index is 0.0498. The zero-order valence-corrected chi connectivity index (χ0v) is 28.9. The SMILES string of the molecule is CC1(C)c2ccccc2-c2cc3c(cc21)c1ccccc1n3-c1ccc2c(c1)oc1cccc(C3=CC(C4=CCCC=C4)NC4C=CC=CC34)c12. The molecule has 4 aliphatic rings. The van der Waals surface area contributed by atoms with E-state index < -0.39 is 0 Å². The number of nitrogens with zero attached hydrogens (tertiary/aromatic N) is 1. The third-order valence-corrected chi connectivity index (χ3v) is 12.0. The summed E-state index contributed by atoms with van der Waals surface area (Å²) in [6.45, 7) is 4.72. The summed E-state index contributed by atoms with van der Waals surface area (Å²) in [7, 11) is 0. The van der Waals surface area contributed by atoms with Crippen LogP contribution in [0.5, 0.6) is 0 Å². The first-order valence-corrected chi connectivity index (χ1v) is 18.4. The Balaban J connectivity index is 1.10. The Hall–Kier alpha value is -5.64. The Morgan fingerprint density at radius 2 is 1.57 bits per heavy atom. The van der Waals surface area contributed by atoms with Crippen molar-refractivity contribution in [2.75, 3.05) is 0 Å². The van der Waals surface area contributed by atoms with Gasteiger partial charge < -0.3 is 8.98 Å². The third kappa shape index (κ3) is 4.16. The molecule has 3 heteroatoms. The van der Waals surface area contributed by atoms with Crippen LogP contribution in [0.1, 0.15) is 43.4 Å². The normalized spacial score (nSPS) is 21.6. The highest BCUT2D eigenvalue weighted by Crippen LogP contribution is 2.51. The first-order chi connectivity index (χ1) is 25.0. The predicted molar refractivity (Wildman–Crippen MR) is 213 cm³/mol. The van der Waals surface area contributed by atoms with Crippen molar-refractivity contribution < 1.29 is 4.42 Å². The number of hydrogen-bond donors (Lipinski definition) is 1. The van der Waals surface area contributed by atoms with Crippen LogP contribution < -0.4 is 5.32 Å². The molecule has 0 bridgehead atoms. The molecule has 3 unspecified atom stereocenters. The number of furan rings is 1. The van der Waals surface area contributed by atoms with Crippen molar-refractivity contribution >= 4 is 49.3 Å². The molecule has 0 fully saturated rings. The van der Waals surface area contributed by atoms with E-state index in [2.05, 4.69) is 169 Å². The molecule has 1 N–H and O–H groups in total. The van der Waals surface area contributed by atoms with Crippen molar-refractivity contribution in [1.82, 2.24) is 9.88 Å². The van der Waals surface area contributed by atoms with E-state index in [0.717, 1.165) is 35.1 Å². The van der Waals surface area contributed by atoms with Crippen LogP contribution in [0.25, 0.3) is 66.1 Å². The maximum Gasteiger partial charge on any atom is 0.137 e. The molecule has 246 valence electrons. The Morgan fingerprint density at radius 3 is 2.49 bits per heavy atom. The monoisotopic (exact) mass is 658 g/mol. The van der Waals surface area contributed by atoms with E-state index in [-0.39, 0.29) is 23.4 Å². The van der Waals surface area contributed by atoms with Crippen molar-refractivity contribution in [2.24, 2.45) is 5.92 Å². The lowest BCUT2D eigenvalue weighted by Crippen LogP contribution is -2.46. The van der Waals surface area contributed by atoms with Crippen molar-refractivity contribution in [3.63, 3.8) is 0 Å². The fourth-order valence-corrected chi connectivity index (χ4v) is 9.57. The Labute approximate surface area is 297 Å². The van der Waals surface area contributed by atoms with Gasteiger partial charge in [0.15, 0.2) is 0 Å². The van der Waals surface area contributed by atoms with Crippen LogP contribution in [0.4, 0.5) is 0 Å². The Bertz CT molecular complexity index is 2780. The van der Waals surface area contributed by atoms with Crippen molar-refractivity contribution in [3.8, 4) is 16.8 Å². The minimum Gasteiger partial charge on any atom is -0.456 e. The molecule has 51 heavy (non-hydrogen) atoms. The van der Waals surface area contributed by atoms with Crippen LogP contribution in [-0.4, -0.2) is 16.7 Å². The standard InChI is InChI=1S/C48H38N2O/c1-48(2)39-19-9-6-15-31(39)37-28-44-38(26-40(37)48)33-17-8-11-21-43(33)50(44)30-23-24-35-46(25-30)51-45-22-12-18-34(47(35)45)36-27-42(29-13-4-3-5-14-29)49-41-20-10-7-16-32(36)41/h4,6-28,32,41-42,49H,3,5H2,1-2H3. The van der Waals surface area contributed by atoms with Crippen LogP contribution in [-0.2, 0) is 5.41 Å². The molecule has 3 heterocycles. The van der Waals surface area contributed by atoms with Gasteiger partial charge in [0.1, 0.15) is 11.2 Å². The molecule has 11 rings (SSSR count).